The number of benzene rings is 3. The molecule has 7 nitrogen and oxygen atoms in total. The highest BCUT2D eigenvalue weighted by molar-refractivity contribution is 7.89. The van der Waals surface area contributed by atoms with Crippen LogP contribution in [-0.2, 0) is 16.6 Å². The molecule has 0 aliphatic carbocycles. The molecule has 1 amide bonds. The number of hydrogen-bond donors (Lipinski definition) is 0. The minimum Gasteiger partial charge on any atom is -0.308 e. The standard InChI is InChI=1S/C26H27FN4O3S2/c1-29(2)16-17-31(26-28-24-22(27)10-7-11-23(24)35-26)25(32)20-12-14-21(15-13-20)36(33,34)30(3)18-19-8-5-4-6-9-19/h4-15H,16-18H2,1-3H3. The molecule has 36 heavy (non-hydrogen) atoms. The Morgan fingerprint density at radius 1 is 0.917 bits per heavy atom. The van der Waals surface area contributed by atoms with Crippen molar-refractivity contribution in [1.82, 2.24) is 14.2 Å². The van der Waals surface area contributed by atoms with E-state index in [1.165, 1.54) is 57.9 Å². The zero-order valence-corrected chi connectivity index (χ0v) is 21.9. The van der Waals surface area contributed by atoms with Gasteiger partial charge in [0.05, 0.1) is 9.60 Å². The second-order valence-electron chi connectivity index (χ2n) is 8.61. The van der Waals surface area contributed by atoms with Gasteiger partial charge in [-0.1, -0.05) is 47.7 Å². The van der Waals surface area contributed by atoms with Crippen LogP contribution in [0.2, 0.25) is 0 Å². The van der Waals surface area contributed by atoms with Gasteiger partial charge in [-0.2, -0.15) is 4.31 Å². The second kappa shape index (κ2) is 10.8. The summed E-state index contributed by atoms with van der Waals surface area (Å²) in [7, 11) is 1.57. The van der Waals surface area contributed by atoms with Gasteiger partial charge in [0.15, 0.2) is 5.13 Å². The van der Waals surface area contributed by atoms with Crippen molar-refractivity contribution in [2.75, 3.05) is 39.1 Å². The van der Waals surface area contributed by atoms with E-state index in [-0.39, 0.29) is 22.9 Å². The van der Waals surface area contributed by atoms with Gasteiger partial charge in [0, 0.05) is 32.2 Å². The molecule has 1 heterocycles. The smallest absolute Gasteiger partial charge is 0.260 e. The number of carbonyl (C=O) groups is 1. The number of amides is 1. The van der Waals surface area contributed by atoms with Crippen molar-refractivity contribution < 1.29 is 17.6 Å². The Balaban J connectivity index is 1.59. The summed E-state index contributed by atoms with van der Waals surface area (Å²) in [5, 5.41) is 0.390. The highest BCUT2D eigenvalue weighted by Crippen LogP contribution is 2.31. The van der Waals surface area contributed by atoms with Gasteiger partial charge in [-0.05, 0) is 56.1 Å². The first-order valence-corrected chi connectivity index (χ1v) is 13.5. The number of para-hydroxylation sites is 1. The summed E-state index contributed by atoms with van der Waals surface area (Å²) in [6.07, 6.45) is 0. The number of fused-ring (bicyclic) bond motifs is 1. The summed E-state index contributed by atoms with van der Waals surface area (Å²) >= 11 is 1.24. The van der Waals surface area contributed by atoms with Crippen molar-refractivity contribution in [1.29, 1.82) is 0 Å². The Hall–Kier alpha value is -3.18. The summed E-state index contributed by atoms with van der Waals surface area (Å²) in [4.78, 5) is 21.4. The summed E-state index contributed by atoms with van der Waals surface area (Å²) in [5.74, 6) is -0.776. The Labute approximate surface area is 214 Å². The van der Waals surface area contributed by atoms with E-state index >= 15 is 0 Å². The Bertz CT molecular complexity index is 1460. The number of carbonyl (C=O) groups excluding carboxylic acids is 1. The van der Waals surface area contributed by atoms with E-state index in [9.17, 15) is 17.6 Å². The zero-order chi connectivity index (χ0) is 25.9. The minimum absolute atomic E-state index is 0.0966. The van der Waals surface area contributed by atoms with Gasteiger partial charge < -0.3 is 4.90 Å². The fourth-order valence-corrected chi connectivity index (χ4v) is 5.80. The normalized spacial score (nSPS) is 11.9. The van der Waals surface area contributed by atoms with Gasteiger partial charge in [-0.15, -0.1) is 0 Å². The molecule has 0 atom stereocenters. The fourth-order valence-electron chi connectivity index (χ4n) is 3.63. The predicted molar refractivity (Wildman–Crippen MR) is 141 cm³/mol. The van der Waals surface area contributed by atoms with Gasteiger partial charge in [0.1, 0.15) is 11.3 Å². The number of anilines is 1. The molecule has 4 aromatic rings. The Morgan fingerprint density at radius 3 is 2.25 bits per heavy atom. The van der Waals surface area contributed by atoms with Crippen LogP contribution in [-0.4, -0.2) is 62.7 Å². The Kier molecular flexibility index (Phi) is 7.79. The van der Waals surface area contributed by atoms with Crippen molar-refractivity contribution in [3.63, 3.8) is 0 Å². The molecule has 0 spiro atoms. The molecule has 0 fully saturated rings. The van der Waals surface area contributed by atoms with Crippen LogP contribution in [0.3, 0.4) is 0 Å². The molecule has 0 radical (unpaired) electrons. The molecule has 0 saturated heterocycles. The number of thiazole rings is 1. The van der Waals surface area contributed by atoms with Crippen molar-refractivity contribution in [3.8, 4) is 0 Å². The summed E-state index contributed by atoms with van der Waals surface area (Å²) in [6.45, 7) is 1.14. The van der Waals surface area contributed by atoms with Crippen molar-refractivity contribution in [3.05, 3.63) is 89.7 Å². The topological polar surface area (TPSA) is 73.8 Å². The van der Waals surface area contributed by atoms with Gasteiger partial charge >= 0.3 is 0 Å². The number of aromatic nitrogens is 1. The minimum atomic E-state index is -3.75. The molecule has 0 unspecified atom stereocenters. The zero-order valence-electron chi connectivity index (χ0n) is 20.3. The first-order chi connectivity index (χ1) is 17.2. The second-order valence-corrected chi connectivity index (χ2v) is 11.7. The number of nitrogens with zero attached hydrogens (tertiary/aromatic N) is 4. The van der Waals surface area contributed by atoms with Gasteiger partial charge in [-0.3, -0.25) is 9.69 Å². The van der Waals surface area contributed by atoms with E-state index in [1.54, 1.807) is 12.1 Å². The number of sulfonamides is 1. The molecule has 3 aromatic carbocycles. The molecule has 0 aliphatic heterocycles. The molecular weight excluding hydrogens is 499 g/mol. The van der Waals surface area contributed by atoms with E-state index in [2.05, 4.69) is 4.98 Å². The monoisotopic (exact) mass is 526 g/mol. The van der Waals surface area contributed by atoms with E-state index in [0.29, 0.717) is 28.5 Å². The third-order valence-electron chi connectivity index (χ3n) is 5.66. The SMILES string of the molecule is CN(C)CCN(C(=O)c1ccc(S(=O)(=O)N(C)Cc2ccccc2)cc1)c1nc2c(F)cccc2s1. The van der Waals surface area contributed by atoms with Crippen LogP contribution < -0.4 is 4.90 Å². The van der Waals surface area contributed by atoms with E-state index in [0.717, 1.165) is 5.56 Å². The molecule has 0 bridgehead atoms. The van der Waals surface area contributed by atoms with Crippen molar-refractivity contribution >= 4 is 42.6 Å². The van der Waals surface area contributed by atoms with Crippen LogP contribution in [0, 0.1) is 5.82 Å². The number of rotatable bonds is 9. The number of halogens is 1. The van der Waals surface area contributed by atoms with Crippen LogP contribution in [0.15, 0.2) is 77.7 Å². The van der Waals surface area contributed by atoms with Crippen molar-refractivity contribution in [2.24, 2.45) is 0 Å². The lowest BCUT2D eigenvalue weighted by Crippen LogP contribution is -2.36. The quantitative estimate of drug-likeness (QED) is 0.322. The van der Waals surface area contributed by atoms with Crippen molar-refractivity contribution in [2.45, 2.75) is 11.4 Å². The predicted octanol–water partition coefficient (Wildman–Crippen LogP) is 4.46. The molecule has 4 rings (SSSR count). The summed E-state index contributed by atoms with van der Waals surface area (Å²) < 4.78 is 42.3. The molecule has 188 valence electrons. The van der Waals surface area contributed by atoms with E-state index < -0.39 is 15.8 Å². The lowest BCUT2D eigenvalue weighted by Gasteiger charge is -2.22. The molecule has 10 heteroatoms. The van der Waals surface area contributed by atoms with E-state index in [4.69, 9.17) is 0 Å². The first-order valence-electron chi connectivity index (χ1n) is 11.3. The molecule has 0 N–H and O–H groups in total. The average Bonchev–Trinajstić information content (AvgIpc) is 3.30. The van der Waals surface area contributed by atoms with Crippen LogP contribution in [0.25, 0.3) is 10.2 Å². The highest BCUT2D eigenvalue weighted by atomic mass is 32.2. The van der Waals surface area contributed by atoms with Crippen LogP contribution in [0.4, 0.5) is 9.52 Å². The first kappa shape index (κ1) is 25.9. The fraction of sp³-hybridized carbons (Fsp3) is 0.231. The number of hydrogen-bond acceptors (Lipinski definition) is 6. The third-order valence-corrected chi connectivity index (χ3v) is 8.52. The maximum atomic E-state index is 14.2. The number of likely N-dealkylation sites (N-methyl/N-ethyl adjacent to an activating group) is 1. The van der Waals surface area contributed by atoms with Crippen LogP contribution in [0.5, 0.6) is 0 Å². The van der Waals surface area contributed by atoms with Crippen LogP contribution in [0.1, 0.15) is 15.9 Å². The average molecular weight is 527 g/mol. The summed E-state index contributed by atoms with van der Waals surface area (Å²) in [5.41, 5.74) is 1.42. The molecular formula is C26H27FN4O3S2. The maximum absolute atomic E-state index is 14.2. The lowest BCUT2D eigenvalue weighted by molar-refractivity contribution is 0.0985. The maximum Gasteiger partial charge on any atom is 0.260 e. The lowest BCUT2D eigenvalue weighted by atomic mass is 10.2. The Morgan fingerprint density at radius 2 is 1.61 bits per heavy atom. The van der Waals surface area contributed by atoms with Gasteiger partial charge in [-0.25, -0.2) is 17.8 Å². The van der Waals surface area contributed by atoms with Gasteiger partial charge in [0.25, 0.3) is 5.91 Å². The summed E-state index contributed by atoms with van der Waals surface area (Å²) in [6, 6.07) is 19.9. The third kappa shape index (κ3) is 5.62. The van der Waals surface area contributed by atoms with E-state index in [1.807, 2.05) is 49.3 Å². The van der Waals surface area contributed by atoms with Crippen LogP contribution >= 0.6 is 11.3 Å². The molecule has 0 aliphatic rings. The largest absolute Gasteiger partial charge is 0.308 e. The molecule has 0 saturated carbocycles. The van der Waals surface area contributed by atoms with Gasteiger partial charge in [0.2, 0.25) is 10.0 Å². The molecule has 1 aromatic heterocycles. The highest BCUT2D eigenvalue weighted by Gasteiger charge is 2.25.